The summed E-state index contributed by atoms with van der Waals surface area (Å²) in [6, 6.07) is 13.3. The van der Waals surface area contributed by atoms with Gasteiger partial charge in [-0.3, -0.25) is 0 Å². The molecule has 0 amide bonds. The zero-order chi connectivity index (χ0) is 14.1. The molecule has 1 saturated carbocycles. The molecule has 0 bridgehead atoms. The van der Waals surface area contributed by atoms with Gasteiger partial charge in [0.15, 0.2) is 0 Å². The molecule has 1 aliphatic rings. The maximum atomic E-state index is 11.1. The molecule has 0 aromatic heterocycles. The number of hydrogen-bond donors (Lipinski definition) is 1. The summed E-state index contributed by atoms with van der Waals surface area (Å²) in [6.07, 6.45) is 3.80. The van der Waals surface area contributed by atoms with Crippen LogP contribution in [-0.4, -0.2) is 11.1 Å². The number of rotatable bonds is 3. The largest absolute Gasteiger partial charge is 0.478 e. The van der Waals surface area contributed by atoms with Gasteiger partial charge in [-0.1, -0.05) is 42.3 Å². The summed E-state index contributed by atoms with van der Waals surface area (Å²) in [5.74, 6) is -0.294. The summed E-state index contributed by atoms with van der Waals surface area (Å²) in [6.45, 7) is 0. The molecular weight excluding hydrogens is 272 g/mol. The summed E-state index contributed by atoms with van der Waals surface area (Å²) in [7, 11) is 0. The molecule has 3 heteroatoms. The van der Waals surface area contributed by atoms with Crippen LogP contribution in [0.2, 0.25) is 5.02 Å². The highest BCUT2D eigenvalue weighted by Crippen LogP contribution is 2.37. The molecule has 0 atom stereocenters. The average molecular weight is 287 g/mol. The molecule has 3 rings (SSSR count). The van der Waals surface area contributed by atoms with Gasteiger partial charge in [-0.15, -0.1) is 0 Å². The highest BCUT2D eigenvalue weighted by atomic mass is 35.5. The number of carboxylic acids is 1. The van der Waals surface area contributed by atoms with Crippen LogP contribution in [0.25, 0.3) is 11.1 Å². The monoisotopic (exact) mass is 286 g/mol. The first kappa shape index (κ1) is 13.2. The van der Waals surface area contributed by atoms with Crippen LogP contribution in [0.3, 0.4) is 0 Å². The number of carbonyl (C=O) groups is 1. The quantitative estimate of drug-likeness (QED) is 0.864. The standard InChI is InChI=1S/C17H15ClO2/c18-16-9-14(8-15(10-16)17(19)20)13-6-2-5-12(7-13)11-3-1-4-11/h2,5-11H,1,3-4H2,(H,19,20). The Bertz CT molecular complexity index is 660. The van der Waals surface area contributed by atoms with E-state index in [2.05, 4.69) is 12.1 Å². The van der Waals surface area contributed by atoms with Crippen molar-refractivity contribution in [3.63, 3.8) is 0 Å². The zero-order valence-electron chi connectivity index (χ0n) is 11.0. The summed E-state index contributed by atoms with van der Waals surface area (Å²) in [5.41, 5.74) is 3.45. The summed E-state index contributed by atoms with van der Waals surface area (Å²) in [4.78, 5) is 11.1. The minimum absolute atomic E-state index is 0.224. The smallest absolute Gasteiger partial charge is 0.335 e. The van der Waals surface area contributed by atoms with Crippen molar-refractivity contribution in [2.75, 3.05) is 0 Å². The lowest BCUT2D eigenvalue weighted by molar-refractivity contribution is 0.0697. The van der Waals surface area contributed by atoms with E-state index in [1.807, 2.05) is 18.2 Å². The van der Waals surface area contributed by atoms with Crippen molar-refractivity contribution in [3.05, 3.63) is 58.6 Å². The van der Waals surface area contributed by atoms with E-state index in [9.17, 15) is 4.79 Å². The minimum atomic E-state index is -0.955. The highest BCUT2D eigenvalue weighted by Gasteiger charge is 2.19. The number of benzene rings is 2. The third-order valence-corrected chi connectivity index (χ3v) is 4.16. The Morgan fingerprint density at radius 2 is 1.90 bits per heavy atom. The third kappa shape index (κ3) is 2.56. The van der Waals surface area contributed by atoms with Crippen molar-refractivity contribution in [2.24, 2.45) is 0 Å². The van der Waals surface area contributed by atoms with Gasteiger partial charge in [0.1, 0.15) is 0 Å². The first-order valence-corrected chi connectivity index (χ1v) is 7.15. The highest BCUT2D eigenvalue weighted by molar-refractivity contribution is 6.31. The third-order valence-electron chi connectivity index (χ3n) is 3.94. The molecular formula is C17H15ClO2. The molecule has 0 aliphatic heterocycles. The van der Waals surface area contributed by atoms with Crippen LogP contribution in [0.1, 0.15) is 41.1 Å². The Balaban J connectivity index is 2.01. The van der Waals surface area contributed by atoms with E-state index in [1.165, 1.54) is 30.9 Å². The number of aromatic carboxylic acids is 1. The zero-order valence-corrected chi connectivity index (χ0v) is 11.7. The van der Waals surface area contributed by atoms with Gasteiger partial charge < -0.3 is 5.11 Å². The second kappa shape index (κ2) is 5.29. The number of hydrogen-bond acceptors (Lipinski definition) is 1. The molecule has 0 spiro atoms. The van der Waals surface area contributed by atoms with Gasteiger partial charge in [0.25, 0.3) is 0 Å². The topological polar surface area (TPSA) is 37.3 Å². The second-order valence-corrected chi connectivity index (χ2v) is 5.72. The normalized spacial score (nSPS) is 14.8. The molecule has 2 nitrogen and oxygen atoms in total. The molecule has 20 heavy (non-hydrogen) atoms. The van der Waals surface area contributed by atoms with Gasteiger partial charge >= 0.3 is 5.97 Å². The fourth-order valence-electron chi connectivity index (χ4n) is 2.59. The predicted octanol–water partition coefficient (Wildman–Crippen LogP) is 4.97. The summed E-state index contributed by atoms with van der Waals surface area (Å²) < 4.78 is 0. The van der Waals surface area contributed by atoms with Crippen LogP contribution >= 0.6 is 11.6 Å². The van der Waals surface area contributed by atoms with Crippen LogP contribution in [0.5, 0.6) is 0 Å². The van der Waals surface area contributed by atoms with Crippen molar-refractivity contribution >= 4 is 17.6 Å². The van der Waals surface area contributed by atoms with E-state index < -0.39 is 5.97 Å². The lowest BCUT2D eigenvalue weighted by atomic mass is 9.79. The van der Waals surface area contributed by atoms with Gasteiger partial charge in [-0.05, 0) is 53.6 Å². The molecule has 0 unspecified atom stereocenters. The van der Waals surface area contributed by atoms with Crippen LogP contribution in [0, 0.1) is 0 Å². The van der Waals surface area contributed by atoms with Crippen molar-refractivity contribution in [2.45, 2.75) is 25.2 Å². The van der Waals surface area contributed by atoms with E-state index in [4.69, 9.17) is 16.7 Å². The van der Waals surface area contributed by atoms with Crippen molar-refractivity contribution < 1.29 is 9.90 Å². The Labute approximate surface area is 123 Å². The van der Waals surface area contributed by atoms with Crippen molar-refractivity contribution in [3.8, 4) is 11.1 Å². The molecule has 0 radical (unpaired) electrons. The average Bonchev–Trinajstić information content (AvgIpc) is 2.36. The van der Waals surface area contributed by atoms with Crippen LogP contribution in [0.4, 0.5) is 0 Å². The van der Waals surface area contributed by atoms with Crippen LogP contribution in [0.15, 0.2) is 42.5 Å². The summed E-state index contributed by atoms with van der Waals surface area (Å²) >= 11 is 6.02. The second-order valence-electron chi connectivity index (χ2n) is 5.29. The lowest BCUT2D eigenvalue weighted by Gasteiger charge is -2.26. The first-order valence-electron chi connectivity index (χ1n) is 6.78. The van der Waals surface area contributed by atoms with E-state index in [1.54, 1.807) is 6.07 Å². The molecule has 102 valence electrons. The molecule has 0 saturated heterocycles. The first-order chi connectivity index (χ1) is 9.63. The number of carboxylic acid groups (broad SMARTS) is 1. The molecule has 1 N–H and O–H groups in total. The van der Waals surface area contributed by atoms with Gasteiger partial charge in [0.05, 0.1) is 5.56 Å². The Morgan fingerprint density at radius 3 is 2.55 bits per heavy atom. The number of halogens is 1. The maximum Gasteiger partial charge on any atom is 0.335 e. The maximum absolute atomic E-state index is 11.1. The van der Waals surface area contributed by atoms with Gasteiger partial charge in [0, 0.05) is 5.02 Å². The fraction of sp³-hybridized carbons (Fsp3) is 0.235. The fourth-order valence-corrected chi connectivity index (χ4v) is 2.83. The van der Waals surface area contributed by atoms with Crippen LogP contribution in [-0.2, 0) is 0 Å². The Kier molecular flexibility index (Phi) is 3.49. The molecule has 0 heterocycles. The SMILES string of the molecule is O=C(O)c1cc(Cl)cc(-c2cccc(C3CCC3)c2)c1. The van der Waals surface area contributed by atoms with Crippen molar-refractivity contribution in [1.29, 1.82) is 0 Å². The Hall–Kier alpha value is -1.80. The summed E-state index contributed by atoms with van der Waals surface area (Å²) in [5, 5.41) is 9.56. The van der Waals surface area contributed by atoms with E-state index in [0.717, 1.165) is 11.1 Å². The van der Waals surface area contributed by atoms with E-state index in [-0.39, 0.29) is 5.56 Å². The van der Waals surface area contributed by atoms with Gasteiger partial charge in [0.2, 0.25) is 0 Å². The molecule has 2 aromatic carbocycles. The van der Waals surface area contributed by atoms with Crippen molar-refractivity contribution in [1.82, 2.24) is 0 Å². The van der Waals surface area contributed by atoms with Crippen LogP contribution < -0.4 is 0 Å². The molecule has 1 fully saturated rings. The Morgan fingerprint density at radius 1 is 1.10 bits per heavy atom. The predicted molar refractivity (Wildman–Crippen MR) is 80.4 cm³/mol. The minimum Gasteiger partial charge on any atom is -0.478 e. The van der Waals surface area contributed by atoms with E-state index in [0.29, 0.717) is 10.9 Å². The molecule has 1 aliphatic carbocycles. The molecule has 2 aromatic rings. The van der Waals surface area contributed by atoms with Gasteiger partial charge in [-0.25, -0.2) is 4.79 Å². The van der Waals surface area contributed by atoms with E-state index >= 15 is 0 Å². The van der Waals surface area contributed by atoms with Gasteiger partial charge in [-0.2, -0.15) is 0 Å². The lowest BCUT2D eigenvalue weighted by Crippen LogP contribution is -2.08.